The summed E-state index contributed by atoms with van der Waals surface area (Å²) in [4.78, 5) is 17.5. The molecule has 1 unspecified atom stereocenters. The second kappa shape index (κ2) is 10.6. The van der Waals surface area contributed by atoms with Crippen LogP contribution in [-0.4, -0.2) is 62.4 Å². The Kier molecular flexibility index (Phi) is 7.11. The van der Waals surface area contributed by atoms with Gasteiger partial charge in [0.1, 0.15) is 11.9 Å². The normalized spacial score (nSPS) is 22.4. The fourth-order valence-corrected chi connectivity index (χ4v) is 5.10. The molecule has 3 aliphatic heterocycles. The van der Waals surface area contributed by atoms with E-state index in [-0.39, 0.29) is 11.9 Å². The zero-order valence-corrected chi connectivity index (χ0v) is 19.5. The number of likely N-dealkylation sites (tertiary alicyclic amines) is 1. The molecule has 34 heavy (non-hydrogen) atoms. The lowest BCUT2D eigenvalue weighted by atomic mass is 10.0. The largest absolute Gasteiger partial charge is 0.494 e. The maximum atomic E-state index is 13.4. The van der Waals surface area contributed by atoms with Crippen LogP contribution in [0.2, 0.25) is 0 Å². The third kappa shape index (κ3) is 5.10. The van der Waals surface area contributed by atoms with E-state index in [1.54, 1.807) is 0 Å². The van der Waals surface area contributed by atoms with E-state index in [9.17, 15) is 9.18 Å². The van der Waals surface area contributed by atoms with E-state index >= 15 is 0 Å². The Hall–Kier alpha value is -2.90. The molecule has 1 amide bonds. The predicted octanol–water partition coefficient (Wildman–Crippen LogP) is 4.05. The van der Waals surface area contributed by atoms with Gasteiger partial charge in [-0.1, -0.05) is 18.2 Å². The molecule has 2 aromatic rings. The number of piperidine rings is 1. The number of hydrogen-bond donors (Lipinski definition) is 2. The van der Waals surface area contributed by atoms with Gasteiger partial charge in [0.2, 0.25) is 0 Å². The van der Waals surface area contributed by atoms with Gasteiger partial charge in [0.25, 0.3) is 5.91 Å². The van der Waals surface area contributed by atoms with Crippen LogP contribution in [0, 0.1) is 0 Å². The Morgan fingerprint density at radius 1 is 1.09 bits per heavy atom. The summed E-state index contributed by atoms with van der Waals surface area (Å²) < 4.78 is 19.1. The highest BCUT2D eigenvalue weighted by molar-refractivity contribution is 6.33. The van der Waals surface area contributed by atoms with Crippen molar-refractivity contribution in [3.63, 3.8) is 0 Å². The Balaban J connectivity index is 1.18. The molecule has 7 heteroatoms. The van der Waals surface area contributed by atoms with E-state index in [4.69, 9.17) is 4.74 Å². The van der Waals surface area contributed by atoms with Crippen molar-refractivity contribution in [1.82, 2.24) is 10.2 Å². The quantitative estimate of drug-likeness (QED) is 0.456. The van der Waals surface area contributed by atoms with Crippen molar-refractivity contribution in [2.75, 3.05) is 49.5 Å². The Labute approximate surface area is 200 Å². The van der Waals surface area contributed by atoms with Crippen LogP contribution in [0.1, 0.15) is 31.2 Å². The van der Waals surface area contributed by atoms with Crippen molar-refractivity contribution >= 4 is 22.9 Å². The van der Waals surface area contributed by atoms with Crippen LogP contribution in [0.25, 0.3) is 5.57 Å². The van der Waals surface area contributed by atoms with E-state index < -0.39 is 6.17 Å². The molecule has 3 heterocycles. The number of rotatable bonds is 8. The first-order valence-corrected chi connectivity index (χ1v) is 12.4. The van der Waals surface area contributed by atoms with E-state index in [0.717, 1.165) is 68.1 Å². The van der Waals surface area contributed by atoms with Crippen molar-refractivity contribution in [2.24, 2.45) is 0 Å². The first kappa shape index (κ1) is 22.9. The van der Waals surface area contributed by atoms with E-state index in [1.165, 1.54) is 0 Å². The second-order valence-corrected chi connectivity index (χ2v) is 9.29. The summed E-state index contributed by atoms with van der Waals surface area (Å²) in [7, 11) is 0. The molecule has 0 aliphatic carbocycles. The van der Waals surface area contributed by atoms with Gasteiger partial charge in [-0.2, -0.15) is 0 Å². The molecule has 180 valence electrons. The molecule has 0 aromatic heterocycles. The molecular weight excluding hydrogens is 431 g/mol. The molecule has 0 radical (unpaired) electrons. The number of amides is 1. The number of carbonyl (C=O) groups is 1. The number of ether oxygens (including phenoxy) is 1. The van der Waals surface area contributed by atoms with Gasteiger partial charge in [0, 0.05) is 43.1 Å². The number of para-hydroxylation sites is 1. The average Bonchev–Trinajstić information content (AvgIpc) is 3.41. The number of fused-ring (bicyclic) bond motifs is 1. The highest BCUT2D eigenvalue weighted by atomic mass is 19.1. The molecule has 2 aromatic carbocycles. The number of halogens is 1. The molecule has 3 aliphatic rings. The number of anilines is 2. The highest BCUT2D eigenvalue weighted by Crippen LogP contribution is 2.39. The van der Waals surface area contributed by atoms with E-state index in [1.807, 2.05) is 59.6 Å². The zero-order chi connectivity index (χ0) is 23.3. The predicted molar refractivity (Wildman–Crippen MR) is 134 cm³/mol. The molecule has 0 saturated carbocycles. The van der Waals surface area contributed by atoms with Crippen LogP contribution in [0.4, 0.5) is 15.8 Å². The number of nitrogens with one attached hydrogen (secondary N) is 2. The number of alkyl halides is 1. The molecule has 0 spiro atoms. The number of nitrogens with zero attached hydrogens (tertiary/aromatic N) is 2. The van der Waals surface area contributed by atoms with Crippen LogP contribution < -0.4 is 20.3 Å². The van der Waals surface area contributed by atoms with Gasteiger partial charge in [0.15, 0.2) is 0 Å². The van der Waals surface area contributed by atoms with Gasteiger partial charge in [-0.15, -0.1) is 0 Å². The van der Waals surface area contributed by atoms with E-state index in [0.29, 0.717) is 25.1 Å². The first-order valence-electron chi connectivity index (χ1n) is 12.4. The van der Waals surface area contributed by atoms with E-state index in [2.05, 4.69) is 15.5 Å². The lowest BCUT2D eigenvalue weighted by molar-refractivity contribution is -0.113. The van der Waals surface area contributed by atoms with Crippen molar-refractivity contribution in [3.8, 4) is 5.75 Å². The third-order valence-corrected chi connectivity index (χ3v) is 6.92. The van der Waals surface area contributed by atoms with Gasteiger partial charge in [-0.05, 0) is 69.1 Å². The maximum Gasteiger partial charge on any atom is 0.260 e. The third-order valence-electron chi connectivity index (χ3n) is 6.92. The summed E-state index contributed by atoms with van der Waals surface area (Å²) in [6.45, 7) is 4.77. The second-order valence-electron chi connectivity index (χ2n) is 9.29. The molecule has 5 rings (SSSR count). The zero-order valence-electron chi connectivity index (χ0n) is 19.5. The average molecular weight is 465 g/mol. The molecule has 2 saturated heterocycles. The minimum atomic E-state index is -0.670. The maximum absolute atomic E-state index is 13.4. The van der Waals surface area contributed by atoms with Gasteiger partial charge < -0.3 is 25.2 Å². The van der Waals surface area contributed by atoms with Gasteiger partial charge >= 0.3 is 0 Å². The summed E-state index contributed by atoms with van der Waals surface area (Å²) in [5, 5.41) is 6.68. The van der Waals surface area contributed by atoms with Crippen molar-refractivity contribution in [3.05, 3.63) is 60.3 Å². The van der Waals surface area contributed by atoms with Crippen LogP contribution >= 0.6 is 0 Å². The summed E-state index contributed by atoms with van der Waals surface area (Å²) >= 11 is 0. The molecule has 0 bridgehead atoms. The molecule has 2 N–H and O–H groups in total. The number of hydrogen-bond acceptors (Lipinski definition) is 5. The van der Waals surface area contributed by atoms with Crippen LogP contribution in [-0.2, 0) is 4.79 Å². The fraction of sp³-hybridized carbons (Fsp3) is 0.444. The lowest BCUT2D eigenvalue weighted by Gasteiger charge is -2.31. The minimum Gasteiger partial charge on any atom is -0.494 e. The smallest absolute Gasteiger partial charge is 0.260 e. The SMILES string of the molecule is O=C1/C(=C/Nc2ccc(OCCCN3CCC(F)C3)cc2)c2ccccc2N1C1CCNCC1. The fourth-order valence-electron chi connectivity index (χ4n) is 5.10. The van der Waals surface area contributed by atoms with Gasteiger partial charge in [-0.25, -0.2) is 4.39 Å². The minimum absolute atomic E-state index is 0.0673. The molecule has 6 nitrogen and oxygen atoms in total. The molecular formula is C27H33FN4O2. The molecule has 2 fully saturated rings. The summed E-state index contributed by atoms with van der Waals surface area (Å²) in [6, 6.07) is 16.1. The van der Waals surface area contributed by atoms with Crippen LogP contribution in [0.15, 0.2) is 54.7 Å². The Morgan fingerprint density at radius 3 is 2.65 bits per heavy atom. The van der Waals surface area contributed by atoms with Crippen LogP contribution in [0.3, 0.4) is 0 Å². The van der Waals surface area contributed by atoms with Gasteiger partial charge in [0.05, 0.1) is 17.9 Å². The Morgan fingerprint density at radius 2 is 1.88 bits per heavy atom. The summed E-state index contributed by atoms with van der Waals surface area (Å²) in [5.41, 5.74) is 3.59. The standard InChI is InChI=1S/C27H33FN4O2/c28-20-12-16-31(19-20)15-3-17-34-23-8-6-21(7-9-23)30-18-25-24-4-1-2-5-26(24)32(27(25)33)22-10-13-29-14-11-22/h1-2,4-9,18,20,22,29-30H,3,10-17,19H2/b25-18+. The number of benzene rings is 2. The topological polar surface area (TPSA) is 56.8 Å². The van der Waals surface area contributed by atoms with Crippen molar-refractivity contribution in [2.45, 2.75) is 37.9 Å². The summed E-state index contributed by atoms with van der Waals surface area (Å²) in [6.07, 6.45) is 4.63. The van der Waals surface area contributed by atoms with Crippen molar-refractivity contribution in [1.29, 1.82) is 0 Å². The van der Waals surface area contributed by atoms with Gasteiger partial charge in [-0.3, -0.25) is 4.79 Å². The molecule has 1 atom stereocenters. The monoisotopic (exact) mass is 464 g/mol. The lowest BCUT2D eigenvalue weighted by Crippen LogP contribution is -2.44. The number of carbonyl (C=O) groups excluding carboxylic acids is 1. The van der Waals surface area contributed by atoms with Crippen molar-refractivity contribution < 1.29 is 13.9 Å². The van der Waals surface area contributed by atoms with Crippen LogP contribution in [0.5, 0.6) is 5.75 Å². The highest BCUT2D eigenvalue weighted by Gasteiger charge is 2.37. The first-order chi connectivity index (χ1) is 16.7. The Bertz CT molecular complexity index is 1020. The summed E-state index contributed by atoms with van der Waals surface area (Å²) in [5.74, 6) is 0.875.